The molecule has 0 saturated carbocycles. The third kappa shape index (κ3) is 7.72. The van der Waals surface area contributed by atoms with Crippen molar-refractivity contribution in [3.05, 3.63) is 11.8 Å². The van der Waals surface area contributed by atoms with Crippen molar-refractivity contribution in [3.8, 4) is 0 Å². The molecule has 0 rings (SSSR count). The number of aliphatic carboxylic acids is 1. The molecule has 0 aliphatic carbocycles. The van der Waals surface area contributed by atoms with E-state index in [1.807, 2.05) is 19.2 Å². The van der Waals surface area contributed by atoms with Crippen molar-refractivity contribution in [1.82, 2.24) is 0 Å². The van der Waals surface area contributed by atoms with Gasteiger partial charge in [-0.25, -0.2) is 0 Å². The number of aliphatic imine (C=N–C) groups is 1. The van der Waals surface area contributed by atoms with Crippen LogP contribution in [0.3, 0.4) is 0 Å². The van der Waals surface area contributed by atoms with Crippen LogP contribution in [0, 0.1) is 5.92 Å². The molecule has 0 radical (unpaired) electrons. The van der Waals surface area contributed by atoms with Crippen LogP contribution >= 0.6 is 0 Å². The minimum atomic E-state index is -0.705. The van der Waals surface area contributed by atoms with Gasteiger partial charge in [0.05, 0.1) is 5.92 Å². The molecule has 0 aromatic rings. The average Bonchev–Trinajstić information content (AvgIpc) is 2.32. The standard InChI is InChI=1S/C14H25NO2/c1-4-7-9-12(14(16)17)11-13(6-3)15-10-8-5-2/h6,10,12H,4-5,7-9,11H2,1-3H3,(H,16,17)/b13-6-,15-10-/t12-/m0/s1. The predicted molar refractivity (Wildman–Crippen MR) is 72.4 cm³/mol. The number of hydrogen-bond acceptors (Lipinski definition) is 2. The third-order valence-electron chi connectivity index (χ3n) is 2.72. The van der Waals surface area contributed by atoms with Gasteiger partial charge in [-0.1, -0.05) is 39.2 Å². The molecule has 0 amide bonds. The van der Waals surface area contributed by atoms with Crippen molar-refractivity contribution in [2.24, 2.45) is 10.9 Å². The second kappa shape index (κ2) is 10.1. The van der Waals surface area contributed by atoms with Gasteiger partial charge in [0.25, 0.3) is 0 Å². The third-order valence-corrected chi connectivity index (χ3v) is 2.72. The molecule has 3 heteroatoms. The summed E-state index contributed by atoms with van der Waals surface area (Å²) in [5, 5.41) is 9.14. The first-order valence-electron chi connectivity index (χ1n) is 6.56. The molecule has 3 nitrogen and oxygen atoms in total. The highest BCUT2D eigenvalue weighted by atomic mass is 16.4. The van der Waals surface area contributed by atoms with E-state index in [-0.39, 0.29) is 5.92 Å². The van der Waals surface area contributed by atoms with E-state index in [9.17, 15) is 4.79 Å². The molecule has 0 bridgehead atoms. The van der Waals surface area contributed by atoms with Crippen LogP contribution in [0.25, 0.3) is 0 Å². The Kier molecular flexibility index (Phi) is 9.40. The van der Waals surface area contributed by atoms with Crippen molar-refractivity contribution < 1.29 is 9.90 Å². The fourth-order valence-corrected chi connectivity index (χ4v) is 1.57. The molecule has 0 fully saturated rings. The fourth-order valence-electron chi connectivity index (χ4n) is 1.57. The first-order chi connectivity index (χ1) is 8.15. The molecule has 0 aliphatic heterocycles. The highest BCUT2D eigenvalue weighted by molar-refractivity contribution is 5.70. The van der Waals surface area contributed by atoms with E-state index in [4.69, 9.17) is 5.11 Å². The summed E-state index contributed by atoms with van der Waals surface area (Å²) in [6.07, 6.45) is 9.10. The quantitative estimate of drug-likeness (QED) is 0.617. The van der Waals surface area contributed by atoms with E-state index in [1.165, 1.54) is 0 Å². The molecule has 0 saturated heterocycles. The van der Waals surface area contributed by atoms with Gasteiger partial charge in [0, 0.05) is 18.3 Å². The zero-order chi connectivity index (χ0) is 13.1. The highest BCUT2D eigenvalue weighted by Gasteiger charge is 2.17. The van der Waals surface area contributed by atoms with E-state index in [2.05, 4.69) is 18.8 Å². The molecular weight excluding hydrogens is 214 g/mol. The number of unbranched alkanes of at least 4 members (excludes halogenated alkanes) is 2. The maximum Gasteiger partial charge on any atom is 0.306 e. The summed E-state index contributed by atoms with van der Waals surface area (Å²) >= 11 is 0. The van der Waals surface area contributed by atoms with Crippen LogP contribution in [0.2, 0.25) is 0 Å². The van der Waals surface area contributed by atoms with Gasteiger partial charge in [0.15, 0.2) is 0 Å². The summed E-state index contributed by atoms with van der Waals surface area (Å²) in [6, 6.07) is 0. The lowest BCUT2D eigenvalue weighted by Gasteiger charge is -2.11. The van der Waals surface area contributed by atoms with E-state index < -0.39 is 5.97 Å². The molecule has 1 N–H and O–H groups in total. The molecule has 0 aliphatic rings. The topological polar surface area (TPSA) is 49.7 Å². The molecular formula is C14H25NO2. The number of carboxylic acid groups (broad SMARTS) is 1. The van der Waals surface area contributed by atoms with Crippen molar-refractivity contribution in [3.63, 3.8) is 0 Å². The molecule has 0 unspecified atom stereocenters. The summed E-state index contributed by atoms with van der Waals surface area (Å²) < 4.78 is 0. The average molecular weight is 239 g/mol. The normalized spacial score (nSPS) is 14.2. The van der Waals surface area contributed by atoms with Gasteiger partial charge >= 0.3 is 5.97 Å². The number of carboxylic acids is 1. The number of hydrogen-bond donors (Lipinski definition) is 1. The zero-order valence-corrected chi connectivity index (χ0v) is 11.3. The van der Waals surface area contributed by atoms with E-state index in [1.54, 1.807) is 0 Å². The fraction of sp³-hybridized carbons (Fsp3) is 0.714. The van der Waals surface area contributed by atoms with Crippen molar-refractivity contribution in [2.45, 2.75) is 59.3 Å². The maximum atomic E-state index is 11.1. The van der Waals surface area contributed by atoms with Crippen molar-refractivity contribution >= 4 is 12.2 Å². The van der Waals surface area contributed by atoms with E-state index in [0.29, 0.717) is 6.42 Å². The van der Waals surface area contributed by atoms with Gasteiger partial charge in [-0.15, -0.1) is 0 Å². The predicted octanol–water partition coefficient (Wildman–Crippen LogP) is 4.04. The van der Waals surface area contributed by atoms with Gasteiger partial charge in [0.2, 0.25) is 0 Å². The lowest BCUT2D eigenvalue weighted by atomic mass is 9.97. The van der Waals surface area contributed by atoms with Crippen LogP contribution in [0.5, 0.6) is 0 Å². The van der Waals surface area contributed by atoms with Gasteiger partial charge < -0.3 is 5.11 Å². The molecule has 0 spiro atoms. The van der Waals surface area contributed by atoms with Crippen LogP contribution in [0.15, 0.2) is 16.8 Å². The lowest BCUT2D eigenvalue weighted by molar-refractivity contribution is -0.142. The molecule has 0 heterocycles. The largest absolute Gasteiger partial charge is 0.481 e. The summed E-state index contributed by atoms with van der Waals surface area (Å²) in [4.78, 5) is 15.4. The highest BCUT2D eigenvalue weighted by Crippen LogP contribution is 2.19. The van der Waals surface area contributed by atoms with Gasteiger partial charge in [-0.3, -0.25) is 9.79 Å². The van der Waals surface area contributed by atoms with Gasteiger partial charge in [-0.2, -0.15) is 0 Å². The number of nitrogens with zero attached hydrogens (tertiary/aromatic N) is 1. The minimum absolute atomic E-state index is 0.292. The molecule has 1 atom stereocenters. The summed E-state index contributed by atoms with van der Waals surface area (Å²) in [5.74, 6) is -0.997. The first kappa shape index (κ1) is 15.9. The molecule has 98 valence electrons. The summed E-state index contributed by atoms with van der Waals surface area (Å²) in [7, 11) is 0. The molecule has 0 aromatic carbocycles. The Morgan fingerprint density at radius 1 is 1.35 bits per heavy atom. The Bertz CT molecular complexity index is 269. The Balaban J connectivity index is 4.34. The smallest absolute Gasteiger partial charge is 0.306 e. The van der Waals surface area contributed by atoms with Crippen molar-refractivity contribution in [2.75, 3.05) is 0 Å². The van der Waals surface area contributed by atoms with Gasteiger partial charge in [-0.05, 0) is 19.8 Å². The maximum absolute atomic E-state index is 11.1. The summed E-state index contributed by atoms with van der Waals surface area (Å²) in [6.45, 7) is 6.09. The van der Waals surface area contributed by atoms with Crippen LogP contribution in [0.4, 0.5) is 0 Å². The second-order valence-corrected chi connectivity index (χ2v) is 4.26. The number of rotatable bonds is 9. The van der Waals surface area contributed by atoms with Crippen LogP contribution in [0.1, 0.15) is 59.3 Å². The first-order valence-corrected chi connectivity index (χ1v) is 6.56. The minimum Gasteiger partial charge on any atom is -0.481 e. The Labute approximate surface area is 105 Å². The second-order valence-electron chi connectivity index (χ2n) is 4.26. The Hall–Kier alpha value is -1.12. The molecule has 17 heavy (non-hydrogen) atoms. The van der Waals surface area contributed by atoms with Gasteiger partial charge in [0.1, 0.15) is 0 Å². The Morgan fingerprint density at radius 3 is 2.53 bits per heavy atom. The Morgan fingerprint density at radius 2 is 2.06 bits per heavy atom. The van der Waals surface area contributed by atoms with E-state index >= 15 is 0 Å². The summed E-state index contributed by atoms with van der Waals surface area (Å²) in [5.41, 5.74) is 0.891. The van der Waals surface area contributed by atoms with Crippen LogP contribution in [-0.4, -0.2) is 17.3 Å². The van der Waals surface area contributed by atoms with E-state index in [0.717, 1.165) is 37.8 Å². The van der Waals surface area contributed by atoms with Crippen LogP contribution < -0.4 is 0 Å². The lowest BCUT2D eigenvalue weighted by Crippen LogP contribution is -2.14. The number of carbonyl (C=O) groups is 1. The van der Waals surface area contributed by atoms with Crippen LogP contribution in [-0.2, 0) is 4.79 Å². The zero-order valence-electron chi connectivity index (χ0n) is 11.3. The SMILES string of the molecule is C/C=C(C[C@H](CCCC)C(=O)O)\N=C/CCC. The monoisotopic (exact) mass is 239 g/mol. The van der Waals surface area contributed by atoms with Crippen molar-refractivity contribution in [1.29, 1.82) is 0 Å². The molecule has 0 aromatic heterocycles. The number of allylic oxidation sites excluding steroid dienone is 2.